The molecule has 0 amide bonds. The molecule has 0 saturated heterocycles. The molecule has 0 aliphatic heterocycles. The van der Waals surface area contributed by atoms with Crippen LogP contribution in [0.2, 0.25) is 0 Å². The first kappa shape index (κ1) is 17.1. The number of methoxy groups -OCH3 is 2. The Balaban J connectivity index is 3.19. The van der Waals surface area contributed by atoms with E-state index in [1.165, 1.54) is 7.11 Å². The van der Waals surface area contributed by atoms with Gasteiger partial charge in [-0.05, 0) is 32.4 Å². The lowest BCUT2D eigenvalue weighted by atomic mass is 10.0. The largest absolute Gasteiger partial charge is 0.493 e. The monoisotopic (exact) mass is 297 g/mol. The number of carbonyl (C=O) groups is 1. The summed E-state index contributed by atoms with van der Waals surface area (Å²) in [5, 5.41) is 8.78. The minimum atomic E-state index is -0.878. The Labute approximate surface area is 124 Å². The lowest BCUT2D eigenvalue weighted by Crippen LogP contribution is -2.16. The normalized spacial score (nSPS) is 12.1. The minimum absolute atomic E-state index is 0.00334. The maximum absolute atomic E-state index is 10.7. The van der Waals surface area contributed by atoms with Crippen LogP contribution >= 0.6 is 0 Å². The second kappa shape index (κ2) is 7.73. The Hall–Kier alpha value is -1.95. The maximum atomic E-state index is 10.7. The topological polar surface area (TPSA) is 91.0 Å². The molecule has 3 N–H and O–H groups in total. The molecule has 6 nitrogen and oxygen atoms in total. The molecule has 21 heavy (non-hydrogen) atoms. The van der Waals surface area contributed by atoms with Crippen molar-refractivity contribution >= 4 is 5.97 Å². The molecule has 1 unspecified atom stereocenters. The van der Waals surface area contributed by atoms with Crippen molar-refractivity contribution in [1.29, 1.82) is 0 Å². The standard InChI is InChI=1S/C15H23NO5/c1-9(2)21-14-10(11(16)6-8-13(17)18)5-7-12(19-3)15(14)20-4/h5,7,9,11H,6,8,16H2,1-4H3,(H,17,18). The molecule has 1 aromatic carbocycles. The van der Waals surface area contributed by atoms with E-state index in [2.05, 4.69) is 0 Å². The van der Waals surface area contributed by atoms with Gasteiger partial charge in [-0.25, -0.2) is 0 Å². The third kappa shape index (κ3) is 4.53. The Morgan fingerprint density at radius 2 is 1.90 bits per heavy atom. The summed E-state index contributed by atoms with van der Waals surface area (Å²) in [6.07, 6.45) is 0.243. The van der Waals surface area contributed by atoms with Gasteiger partial charge in [-0.15, -0.1) is 0 Å². The van der Waals surface area contributed by atoms with E-state index in [1.807, 2.05) is 13.8 Å². The van der Waals surface area contributed by atoms with Crippen molar-refractivity contribution in [2.24, 2.45) is 5.73 Å². The van der Waals surface area contributed by atoms with Crippen LogP contribution in [0.15, 0.2) is 12.1 Å². The first-order valence-corrected chi connectivity index (χ1v) is 6.79. The van der Waals surface area contributed by atoms with E-state index in [-0.39, 0.29) is 12.5 Å². The number of hydrogen-bond donors (Lipinski definition) is 2. The number of benzene rings is 1. The molecule has 118 valence electrons. The zero-order valence-electron chi connectivity index (χ0n) is 12.9. The van der Waals surface area contributed by atoms with Crippen LogP contribution in [-0.4, -0.2) is 31.4 Å². The van der Waals surface area contributed by atoms with Crippen molar-refractivity contribution in [2.45, 2.75) is 38.8 Å². The number of ether oxygens (including phenoxy) is 3. The summed E-state index contributed by atoms with van der Waals surface area (Å²) in [4.78, 5) is 10.7. The van der Waals surface area contributed by atoms with Crippen molar-refractivity contribution in [3.8, 4) is 17.2 Å². The lowest BCUT2D eigenvalue weighted by molar-refractivity contribution is -0.137. The highest BCUT2D eigenvalue weighted by Gasteiger charge is 2.22. The molecule has 0 radical (unpaired) electrons. The van der Waals surface area contributed by atoms with Gasteiger partial charge in [0.05, 0.1) is 20.3 Å². The van der Waals surface area contributed by atoms with E-state index in [0.717, 1.165) is 0 Å². The molecular formula is C15H23NO5. The third-order valence-electron chi connectivity index (χ3n) is 2.95. The van der Waals surface area contributed by atoms with Crippen LogP contribution in [0.1, 0.15) is 38.3 Å². The zero-order valence-corrected chi connectivity index (χ0v) is 12.9. The van der Waals surface area contributed by atoms with Gasteiger partial charge in [-0.1, -0.05) is 0 Å². The van der Waals surface area contributed by atoms with Gasteiger partial charge in [-0.3, -0.25) is 4.79 Å². The van der Waals surface area contributed by atoms with Crippen LogP contribution in [0, 0.1) is 0 Å². The Morgan fingerprint density at radius 3 is 2.38 bits per heavy atom. The van der Waals surface area contributed by atoms with Gasteiger partial charge in [0.25, 0.3) is 0 Å². The average Bonchev–Trinajstić information content (AvgIpc) is 2.43. The van der Waals surface area contributed by atoms with Gasteiger partial charge in [0.2, 0.25) is 5.75 Å². The summed E-state index contributed by atoms with van der Waals surface area (Å²) in [5.74, 6) is 0.638. The zero-order chi connectivity index (χ0) is 16.0. The van der Waals surface area contributed by atoms with E-state index in [9.17, 15) is 4.79 Å². The average molecular weight is 297 g/mol. The van der Waals surface area contributed by atoms with E-state index in [0.29, 0.717) is 29.2 Å². The smallest absolute Gasteiger partial charge is 0.303 e. The van der Waals surface area contributed by atoms with Crippen molar-refractivity contribution in [3.63, 3.8) is 0 Å². The number of carboxylic acid groups (broad SMARTS) is 1. The quantitative estimate of drug-likeness (QED) is 0.765. The van der Waals surface area contributed by atoms with Crippen LogP contribution in [-0.2, 0) is 4.79 Å². The first-order valence-electron chi connectivity index (χ1n) is 6.79. The molecule has 1 rings (SSSR count). The summed E-state index contributed by atoms with van der Waals surface area (Å²) >= 11 is 0. The van der Waals surface area contributed by atoms with Gasteiger partial charge in [0.15, 0.2) is 11.5 Å². The van der Waals surface area contributed by atoms with Gasteiger partial charge in [0.1, 0.15) is 0 Å². The molecule has 0 bridgehead atoms. The van der Waals surface area contributed by atoms with Crippen LogP contribution in [0.25, 0.3) is 0 Å². The predicted octanol–water partition coefficient (Wildman–Crippen LogP) is 2.36. The first-order chi connectivity index (χ1) is 9.90. The van der Waals surface area contributed by atoms with E-state index >= 15 is 0 Å². The number of carboxylic acids is 1. The molecule has 1 aromatic rings. The molecular weight excluding hydrogens is 274 g/mol. The van der Waals surface area contributed by atoms with Crippen LogP contribution in [0.3, 0.4) is 0 Å². The Kier molecular flexibility index (Phi) is 6.30. The van der Waals surface area contributed by atoms with Gasteiger partial charge >= 0.3 is 5.97 Å². The van der Waals surface area contributed by atoms with E-state index in [4.69, 9.17) is 25.1 Å². The minimum Gasteiger partial charge on any atom is -0.493 e. The van der Waals surface area contributed by atoms with Crippen LogP contribution in [0.5, 0.6) is 17.2 Å². The number of hydrogen-bond acceptors (Lipinski definition) is 5. The highest BCUT2D eigenvalue weighted by molar-refractivity contribution is 5.67. The second-order valence-electron chi connectivity index (χ2n) is 4.92. The van der Waals surface area contributed by atoms with Crippen molar-refractivity contribution in [2.75, 3.05) is 14.2 Å². The fraction of sp³-hybridized carbons (Fsp3) is 0.533. The van der Waals surface area contributed by atoms with Gasteiger partial charge in [0, 0.05) is 18.0 Å². The highest BCUT2D eigenvalue weighted by atomic mass is 16.5. The fourth-order valence-electron chi connectivity index (χ4n) is 2.00. The molecule has 0 heterocycles. The number of nitrogens with two attached hydrogens (primary N) is 1. The maximum Gasteiger partial charge on any atom is 0.303 e. The van der Waals surface area contributed by atoms with Crippen molar-refractivity contribution in [1.82, 2.24) is 0 Å². The van der Waals surface area contributed by atoms with Crippen LogP contribution in [0.4, 0.5) is 0 Å². The molecule has 0 spiro atoms. The Bertz CT molecular complexity index is 487. The summed E-state index contributed by atoms with van der Waals surface area (Å²) in [5.41, 5.74) is 6.81. The molecule has 0 saturated carbocycles. The lowest BCUT2D eigenvalue weighted by Gasteiger charge is -2.22. The molecule has 0 fully saturated rings. The molecule has 6 heteroatoms. The summed E-state index contributed by atoms with van der Waals surface area (Å²) in [7, 11) is 3.07. The van der Waals surface area contributed by atoms with E-state index in [1.54, 1.807) is 19.2 Å². The number of aliphatic carboxylic acids is 1. The predicted molar refractivity (Wildman–Crippen MR) is 79.1 cm³/mol. The highest BCUT2D eigenvalue weighted by Crippen LogP contribution is 2.43. The third-order valence-corrected chi connectivity index (χ3v) is 2.95. The SMILES string of the molecule is COc1ccc(C(N)CCC(=O)O)c(OC(C)C)c1OC. The molecule has 0 aromatic heterocycles. The van der Waals surface area contributed by atoms with E-state index < -0.39 is 12.0 Å². The second-order valence-corrected chi connectivity index (χ2v) is 4.92. The molecule has 0 aliphatic carbocycles. The fourth-order valence-corrected chi connectivity index (χ4v) is 2.00. The summed E-state index contributed by atoms with van der Waals surface area (Å²) in [6, 6.07) is 3.07. The van der Waals surface area contributed by atoms with Crippen molar-refractivity contribution < 1.29 is 24.1 Å². The summed E-state index contributed by atoms with van der Waals surface area (Å²) in [6.45, 7) is 3.79. The molecule has 0 aliphatic rings. The number of rotatable bonds is 8. The van der Waals surface area contributed by atoms with Crippen LogP contribution < -0.4 is 19.9 Å². The van der Waals surface area contributed by atoms with Gasteiger partial charge in [-0.2, -0.15) is 0 Å². The van der Waals surface area contributed by atoms with Gasteiger partial charge < -0.3 is 25.1 Å². The summed E-state index contributed by atoms with van der Waals surface area (Å²) < 4.78 is 16.4. The van der Waals surface area contributed by atoms with Crippen molar-refractivity contribution in [3.05, 3.63) is 17.7 Å². The molecule has 1 atom stereocenters. The Morgan fingerprint density at radius 1 is 1.24 bits per heavy atom.